The topological polar surface area (TPSA) is 56.7 Å². The van der Waals surface area contributed by atoms with Crippen LogP contribution in [-0.2, 0) is 0 Å². The van der Waals surface area contributed by atoms with Crippen LogP contribution in [0, 0.1) is 0 Å². The van der Waals surface area contributed by atoms with Crippen molar-refractivity contribution in [2.24, 2.45) is 0 Å². The average molecular weight is 747 g/mol. The second kappa shape index (κ2) is 12.6. The van der Waals surface area contributed by atoms with E-state index in [0.717, 1.165) is 60.8 Å². The summed E-state index contributed by atoms with van der Waals surface area (Å²) in [7, 11) is 0. The molecule has 0 aliphatic heterocycles. The zero-order chi connectivity index (χ0) is 37.5. The van der Waals surface area contributed by atoms with Crippen LogP contribution in [0.2, 0.25) is 0 Å². The van der Waals surface area contributed by atoms with Gasteiger partial charge in [0.2, 0.25) is 0 Å². The van der Waals surface area contributed by atoms with Crippen LogP contribution in [0.3, 0.4) is 0 Å². The van der Waals surface area contributed by atoms with Gasteiger partial charge in [0.05, 0.1) is 11.0 Å². The van der Waals surface area contributed by atoms with Gasteiger partial charge in [-0.2, -0.15) is 0 Å². The molecule has 57 heavy (non-hydrogen) atoms. The summed E-state index contributed by atoms with van der Waals surface area (Å²) in [6.07, 6.45) is 0. The Balaban J connectivity index is 1.03. The van der Waals surface area contributed by atoms with Crippen LogP contribution in [0.25, 0.3) is 115 Å². The first kappa shape index (κ1) is 31.9. The lowest BCUT2D eigenvalue weighted by Gasteiger charge is -2.09. The minimum Gasteiger partial charge on any atom is -0.455 e. The maximum atomic E-state index is 6.90. The summed E-state index contributed by atoms with van der Waals surface area (Å²) in [5.74, 6) is 1.93. The number of fused-ring (bicyclic) bond motifs is 9. The minimum absolute atomic E-state index is 0.639. The van der Waals surface area contributed by atoms with Gasteiger partial charge in [-0.1, -0.05) is 127 Å². The first-order valence-electron chi connectivity index (χ1n) is 19.0. The standard InChI is InChI=1S/C51H30N4OS/c1-3-13-31(14-4-1)49-52-50(32-15-5-2-6-16-32)54-51(53-49)33-25-28-45-41(29-33)47-38(19-12-24-46(47)57-45)40-21-11-20-39-37-27-26-34(30-44(37)56-48(39)40)55-42-22-9-7-17-35(42)36-18-8-10-23-43(36)55/h1-30H. The molecule has 0 saturated heterocycles. The lowest BCUT2D eigenvalue weighted by atomic mass is 9.97. The van der Waals surface area contributed by atoms with E-state index in [1.54, 1.807) is 11.3 Å². The minimum atomic E-state index is 0.639. The summed E-state index contributed by atoms with van der Waals surface area (Å²) in [6.45, 7) is 0. The fraction of sp³-hybridized carbons (Fsp3) is 0. The van der Waals surface area contributed by atoms with Gasteiger partial charge in [0.1, 0.15) is 11.2 Å². The van der Waals surface area contributed by atoms with Crippen molar-refractivity contribution in [1.82, 2.24) is 19.5 Å². The van der Waals surface area contributed by atoms with Crippen LogP contribution in [0.1, 0.15) is 0 Å². The third kappa shape index (κ3) is 5.04. The number of nitrogens with zero attached hydrogens (tertiary/aromatic N) is 4. The lowest BCUT2D eigenvalue weighted by Crippen LogP contribution is -2.00. The van der Waals surface area contributed by atoms with E-state index >= 15 is 0 Å². The molecule has 0 atom stereocenters. The summed E-state index contributed by atoms with van der Waals surface area (Å²) in [5.41, 5.74) is 10.2. The van der Waals surface area contributed by atoms with Gasteiger partial charge >= 0.3 is 0 Å². The Labute approximate surface area is 330 Å². The van der Waals surface area contributed by atoms with E-state index in [1.807, 2.05) is 60.7 Å². The fourth-order valence-corrected chi connectivity index (χ4v) is 9.58. The molecule has 12 rings (SSSR count). The summed E-state index contributed by atoms with van der Waals surface area (Å²) < 4.78 is 11.7. The number of rotatable bonds is 5. The number of aromatic nitrogens is 4. The van der Waals surface area contributed by atoms with Gasteiger partial charge in [0, 0.05) is 75.7 Å². The molecule has 0 N–H and O–H groups in total. The molecule has 0 amide bonds. The molecule has 0 unspecified atom stereocenters. The molecule has 8 aromatic carbocycles. The van der Waals surface area contributed by atoms with Gasteiger partial charge in [-0.05, 0) is 54.1 Å². The average Bonchev–Trinajstić information content (AvgIpc) is 3.96. The molecule has 5 nitrogen and oxygen atoms in total. The maximum absolute atomic E-state index is 6.90. The molecule has 0 fully saturated rings. The van der Waals surface area contributed by atoms with E-state index in [-0.39, 0.29) is 0 Å². The molecule has 266 valence electrons. The first-order valence-corrected chi connectivity index (χ1v) is 19.8. The van der Waals surface area contributed by atoms with Crippen LogP contribution in [0.5, 0.6) is 0 Å². The SMILES string of the molecule is c1ccc(-c2nc(-c3ccccc3)nc(-c3ccc4sc5cccc(-c6cccc7c6oc6cc(-n8c9ccccc9c9ccccc98)ccc67)c5c4c3)n2)cc1. The summed E-state index contributed by atoms with van der Waals surface area (Å²) in [5, 5.41) is 7.03. The second-order valence-corrected chi connectivity index (χ2v) is 15.4. The molecule has 0 radical (unpaired) electrons. The third-order valence-electron chi connectivity index (χ3n) is 11.1. The lowest BCUT2D eigenvalue weighted by molar-refractivity contribution is 0.670. The highest BCUT2D eigenvalue weighted by Crippen LogP contribution is 2.45. The van der Waals surface area contributed by atoms with Crippen molar-refractivity contribution in [2.75, 3.05) is 0 Å². The van der Waals surface area contributed by atoms with E-state index in [1.165, 1.54) is 36.6 Å². The molecule has 4 heterocycles. The van der Waals surface area contributed by atoms with Crippen LogP contribution < -0.4 is 0 Å². The van der Waals surface area contributed by atoms with Crippen LogP contribution in [0.4, 0.5) is 0 Å². The van der Waals surface area contributed by atoms with Crippen molar-refractivity contribution in [2.45, 2.75) is 0 Å². The number of hydrogen-bond donors (Lipinski definition) is 0. The van der Waals surface area contributed by atoms with Crippen LogP contribution in [0.15, 0.2) is 186 Å². The molecule has 4 aromatic heterocycles. The molecule has 0 spiro atoms. The molecular formula is C51H30N4OS. The van der Waals surface area contributed by atoms with Crippen molar-refractivity contribution >= 4 is 75.3 Å². The van der Waals surface area contributed by atoms with E-state index in [4.69, 9.17) is 19.4 Å². The zero-order valence-electron chi connectivity index (χ0n) is 30.4. The molecule has 12 aromatic rings. The van der Waals surface area contributed by atoms with E-state index in [2.05, 4.69) is 126 Å². The van der Waals surface area contributed by atoms with Gasteiger partial charge in [-0.15, -0.1) is 11.3 Å². The first-order chi connectivity index (χ1) is 28.2. The van der Waals surface area contributed by atoms with Gasteiger partial charge in [0.25, 0.3) is 0 Å². The molecule has 0 saturated carbocycles. The van der Waals surface area contributed by atoms with Crippen LogP contribution in [-0.4, -0.2) is 19.5 Å². The van der Waals surface area contributed by atoms with Gasteiger partial charge < -0.3 is 8.98 Å². The van der Waals surface area contributed by atoms with E-state index in [0.29, 0.717) is 17.5 Å². The highest BCUT2D eigenvalue weighted by molar-refractivity contribution is 7.26. The summed E-state index contributed by atoms with van der Waals surface area (Å²) >= 11 is 1.80. The predicted molar refractivity (Wildman–Crippen MR) is 236 cm³/mol. The Morgan fingerprint density at radius 2 is 1.00 bits per heavy atom. The van der Waals surface area contributed by atoms with Crippen molar-refractivity contribution < 1.29 is 4.42 Å². The van der Waals surface area contributed by atoms with Crippen molar-refractivity contribution in [3.63, 3.8) is 0 Å². The summed E-state index contributed by atoms with van der Waals surface area (Å²) in [4.78, 5) is 15.0. The van der Waals surface area contributed by atoms with Gasteiger partial charge in [0.15, 0.2) is 17.5 Å². The summed E-state index contributed by atoms with van der Waals surface area (Å²) in [6, 6.07) is 63.7. The number of benzene rings is 8. The van der Waals surface area contributed by atoms with Crippen molar-refractivity contribution in [1.29, 1.82) is 0 Å². The van der Waals surface area contributed by atoms with Gasteiger partial charge in [-0.25, -0.2) is 15.0 Å². The Morgan fingerprint density at radius 3 is 1.70 bits per heavy atom. The molecule has 0 bridgehead atoms. The highest BCUT2D eigenvalue weighted by Gasteiger charge is 2.20. The zero-order valence-corrected chi connectivity index (χ0v) is 31.2. The Bertz CT molecular complexity index is 3420. The number of para-hydroxylation sites is 3. The Kier molecular flexibility index (Phi) is 7.03. The van der Waals surface area contributed by atoms with Crippen molar-refractivity contribution in [3.05, 3.63) is 182 Å². The largest absolute Gasteiger partial charge is 0.455 e. The normalized spacial score (nSPS) is 11.9. The van der Waals surface area contributed by atoms with Gasteiger partial charge in [-0.3, -0.25) is 0 Å². The van der Waals surface area contributed by atoms with Crippen molar-refractivity contribution in [3.8, 4) is 51.0 Å². The number of thiophene rings is 1. The maximum Gasteiger partial charge on any atom is 0.164 e. The fourth-order valence-electron chi connectivity index (χ4n) is 8.47. The van der Waals surface area contributed by atoms with E-state index in [9.17, 15) is 0 Å². The number of furan rings is 1. The molecule has 0 aliphatic carbocycles. The predicted octanol–water partition coefficient (Wildman–Crippen LogP) is 13.9. The quantitative estimate of drug-likeness (QED) is 0.176. The smallest absolute Gasteiger partial charge is 0.164 e. The van der Waals surface area contributed by atoms with E-state index < -0.39 is 0 Å². The Morgan fingerprint density at radius 1 is 0.404 bits per heavy atom. The number of hydrogen-bond acceptors (Lipinski definition) is 5. The van der Waals surface area contributed by atoms with Crippen LogP contribution >= 0.6 is 11.3 Å². The third-order valence-corrected chi connectivity index (χ3v) is 12.2. The molecular weight excluding hydrogens is 717 g/mol. The highest BCUT2D eigenvalue weighted by atomic mass is 32.1. The second-order valence-electron chi connectivity index (χ2n) is 14.4. The monoisotopic (exact) mass is 746 g/mol. The Hall–Kier alpha value is -7.41. The molecule has 6 heteroatoms. The molecule has 0 aliphatic rings.